The summed E-state index contributed by atoms with van der Waals surface area (Å²) in [5.41, 5.74) is 0.648. The number of hydrogen-bond acceptors (Lipinski definition) is 3. The van der Waals surface area contributed by atoms with Gasteiger partial charge in [0.05, 0.1) is 5.25 Å². The zero-order valence-electron chi connectivity index (χ0n) is 9.40. The Morgan fingerprint density at radius 3 is 2.56 bits per heavy atom. The number of nitrogens with one attached hydrogen (secondary N) is 1. The smallest absolute Gasteiger partial charge is 0.233 e. The van der Waals surface area contributed by atoms with E-state index >= 15 is 0 Å². The maximum atomic E-state index is 11.5. The van der Waals surface area contributed by atoms with Crippen molar-refractivity contribution < 1.29 is 9.59 Å². The Kier molecular flexibility index (Phi) is 5.05. The van der Waals surface area contributed by atoms with Gasteiger partial charge < -0.3 is 5.32 Å². The monoisotopic (exact) mass is 237 g/mol. The molecule has 1 amide bonds. The standard InChI is InChI=1S/C12H15NO2S/c1-3-13-12(15)9(2)16-11-6-4-10(8-14)5-7-11/h4-9H,3H2,1-2H3,(H,13,15). The van der Waals surface area contributed by atoms with Crippen molar-refractivity contribution >= 4 is 24.0 Å². The van der Waals surface area contributed by atoms with E-state index in [1.807, 2.05) is 26.0 Å². The Morgan fingerprint density at radius 1 is 1.44 bits per heavy atom. The molecule has 0 bridgehead atoms. The fraction of sp³-hybridized carbons (Fsp3) is 0.333. The minimum absolute atomic E-state index is 0.0342. The summed E-state index contributed by atoms with van der Waals surface area (Å²) in [6.07, 6.45) is 0.807. The maximum Gasteiger partial charge on any atom is 0.233 e. The van der Waals surface area contributed by atoms with E-state index in [4.69, 9.17) is 0 Å². The van der Waals surface area contributed by atoms with Crippen LogP contribution in [0.4, 0.5) is 0 Å². The van der Waals surface area contributed by atoms with Crippen LogP contribution in [-0.2, 0) is 4.79 Å². The molecule has 0 aliphatic carbocycles. The van der Waals surface area contributed by atoms with E-state index in [0.717, 1.165) is 11.2 Å². The highest BCUT2D eigenvalue weighted by Gasteiger charge is 2.12. The number of carbonyl (C=O) groups is 2. The van der Waals surface area contributed by atoms with Gasteiger partial charge in [0.25, 0.3) is 0 Å². The van der Waals surface area contributed by atoms with Crippen LogP contribution in [0.25, 0.3) is 0 Å². The Bertz CT molecular complexity index is 362. The summed E-state index contributed by atoms with van der Waals surface area (Å²) in [7, 11) is 0. The Morgan fingerprint density at radius 2 is 2.06 bits per heavy atom. The average Bonchev–Trinajstić information content (AvgIpc) is 2.30. The summed E-state index contributed by atoms with van der Waals surface area (Å²) in [6.45, 7) is 4.41. The number of thioether (sulfide) groups is 1. The number of benzene rings is 1. The van der Waals surface area contributed by atoms with Gasteiger partial charge in [-0.25, -0.2) is 0 Å². The number of hydrogen-bond donors (Lipinski definition) is 1. The lowest BCUT2D eigenvalue weighted by molar-refractivity contribution is -0.120. The number of rotatable bonds is 5. The Balaban J connectivity index is 2.58. The molecule has 1 aromatic rings. The van der Waals surface area contributed by atoms with Crippen LogP contribution in [0.3, 0.4) is 0 Å². The molecule has 0 aliphatic rings. The molecule has 1 rings (SSSR count). The predicted molar refractivity (Wildman–Crippen MR) is 65.8 cm³/mol. The van der Waals surface area contributed by atoms with Gasteiger partial charge in [0.2, 0.25) is 5.91 Å². The highest BCUT2D eigenvalue weighted by atomic mass is 32.2. The van der Waals surface area contributed by atoms with Crippen molar-refractivity contribution in [2.24, 2.45) is 0 Å². The van der Waals surface area contributed by atoms with Crippen LogP contribution in [-0.4, -0.2) is 24.0 Å². The SMILES string of the molecule is CCNC(=O)C(C)Sc1ccc(C=O)cc1. The summed E-state index contributed by atoms with van der Waals surface area (Å²) >= 11 is 1.48. The number of aldehydes is 1. The maximum absolute atomic E-state index is 11.5. The zero-order valence-corrected chi connectivity index (χ0v) is 10.2. The lowest BCUT2D eigenvalue weighted by atomic mass is 10.2. The molecule has 0 saturated heterocycles. The first kappa shape index (κ1) is 12.8. The minimum atomic E-state index is -0.123. The summed E-state index contributed by atoms with van der Waals surface area (Å²) < 4.78 is 0. The molecule has 16 heavy (non-hydrogen) atoms. The molecule has 1 unspecified atom stereocenters. The van der Waals surface area contributed by atoms with Crippen molar-refractivity contribution in [2.45, 2.75) is 24.0 Å². The molecule has 3 nitrogen and oxygen atoms in total. The minimum Gasteiger partial charge on any atom is -0.355 e. The van der Waals surface area contributed by atoms with Crippen molar-refractivity contribution in [3.05, 3.63) is 29.8 Å². The third kappa shape index (κ3) is 3.70. The van der Waals surface area contributed by atoms with Crippen molar-refractivity contribution in [3.8, 4) is 0 Å². The van der Waals surface area contributed by atoms with Crippen LogP contribution in [0, 0.1) is 0 Å². The highest BCUT2D eigenvalue weighted by Crippen LogP contribution is 2.23. The number of amides is 1. The van der Waals surface area contributed by atoms with Gasteiger partial charge >= 0.3 is 0 Å². The molecule has 1 atom stereocenters. The molecule has 0 saturated carbocycles. The number of carbonyl (C=O) groups excluding carboxylic acids is 2. The van der Waals surface area contributed by atoms with Crippen molar-refractivity contribution in [2.75, 3.05) is 6.54 Å². The van der Waals surface area contributed by atoms with Crippen LogP contribution in [0.5, 0.6) is 0 Å². The first-order valence-electron chi connectivity index (χ1n) is 5.17. The summed E-state index contributed by atoms with van der Waals surface area (Å²) in [4.78, 5) is 22.9. The van der Waals surface area contributed by atoms with E-state index in [-0.39, 0.29) is 11.2 Å². The second kappa shape index (κ2) is 6.33. The molecular formula is C12H15NO2S. The first-order chi connectivity index (χ1) is 7.67. The van der Waals surface area contributed by atoms with Gasteiger partial charge in [-0.3, -0.25) is 9.59 Å². The largest absolute Gasteiger partial charge is 0.355 e. The normalized spacial score (nSPS) is 11.9. The van der Waals surface area contributed by atoms with E-state index in [1.54, 1.807) is 12.1 Å². The molecule has 1 N–H and O–H groups in total. The van der Waals surface area contributed by atoms with Gasteiger partial charge in [0, 0.05) is 17.0 Å². The second-order valence-corrected chi connectivity index (χ2v) is 4.76. The van der Waals surface area contributed by atoms with Crippen LogP contribution >= 0.6 is 11.8 Å². The molecule has 0 heterocycles. The summed E-state index contributed by atoms with van der Waals surface area (Å²) in [6, 6.07) is 7.20. The third-order valence-electron chi connectivity index (χ3n) is 2.05. The quantitative estimate of drug-likeness (QED) is 0.630. The van der Waals surface area contributed by atoms with Crippen LogP contribution < -0.4 is 5.32 Å². The van der Waals surface area contributed by atoms with Gasteiger partial charge in [-0.2, -0.15) is 0 Å². The lowest BCUT2D eigenvalue weighted by Crippen LogP contribution is -2.30. The van der Waals surface area contributed by atoms with Crippen LogP contribution in [0.1, 0.15) is 24.2 Å². The molecule has 86 valence electrons. The third-order valence-corrected chi connectivity index (χ3v) is 3.16. The highest BCUT2D eigenvalue weighted by molar-refractivity contribution is 8.00. The summed E-state index contributed by atoms with van der Waals surface area (Å²) in [5.74, 6) is 0.0342. The van der Waals surface area contributed by atoms with Crippen LogP contribution in [0.15, 0.2) is 29.2 Å². The van der Waals surface area contributed by atoms with Gasteiger partial charge in [0.1, 0.15) is 6.29 Å². The fourth-order valence-corrected chi connectivity index (χ4v) is 2.09. The predicted octanol–water partition coefficient (Wildman–Crippen LogP) is 2.12. The van der Waals surface area contributed by atoms with Gasteiger partial charge in [-0.15, -0.1) is 11.8 Å². The van der Waals surface area contributed by atoms with E-state index in [9.17, 15) is 9.59 Å². The first-order valence-corrected chi connectivity index (χ1v) is 6.05. The van der Waals surface area contributed by atoms with E-state index in [0.29, 0.717) is 12.1 Å². The topological polar surface area (TPSA) is 46.2 Å². The zero-order chi connectivity index (χ0) is 12.0. The fourth-order valence-electron chi connectivity index (χ4n) is 1.20. The molecule has 0 aliphatic heterocycles. The molecule has 1 aromatic carbocycles. The Hall–Kier alpha value is -1.29. The van der Waals surface area contributed by atoms with Crippen molar-refractivity contribution in [3.63, 3.8) is 0 Å². The molecule has 0 fully saturated rings. The molecular weight excluding hydrogens is 222 g/mol. The van der Waals surface area contributed by atoms with Gasteiger partial charge in [-0.05, 0) is 26.0 Å². The Labute approximate surface area is 99.6 Å². The van der Waals surface area contributed by atoms with Gasteiger partial charge in [0.15, 0.2) is 0 Å². The van der Waals surface area contributed by atoms with Crippen LogP contribution in [0.2, 0.25) is 0 Å². The van der Waals surface area contributed by atoms with Crippen molar-refractivity contribution in [1.29, 1.82) is 0 Å². The molecule has 0 spiro atoms. The van der Waals surface area contributed by atoms with E-state index < -0.39 is 0 Å². The van der Waals surface area contributed by atoms with E-state index in [1.165, 1.54) is 11.8 Å². The second-order valence-electron chi connectivity index (χ2n) is 3.34. The van der Waals surface area contributed by atoms with E-state index in [2.05, 4.69) is 5.32 Å². The van der Waals surface area contributed by atoms with Gasteiger partial charge in [-0.1, -0.05) is 12.1 Å². The molecule has 0 radical (unpaired) electrons. The molecule has 4 heteroatoms. The van der Waals surface area contributed by atoms with Crippen molar-refractivity contribution in [1.82, 2.24) is 5.32 Å². The molecule has 0 aromatic heterocycles. The summed E-state index contributed by atoms with van der Waals surface area (Å²) in [5, 5.41) is 2.65. The average molecular weight is 237 g/mol. The lowest BCUT2D eigenvalue weighted by Gasteiger charge is -2.10.